The Hall–Kier alpha value is -2.46. The Bertz CT molecular complexity index is 810. The Labute approximate surface area is 245 Å². The average molecular weight is 581 g/mol. The van der Waals surface area contributed by atoms with E-state index in [2.05, 4.69) is 28.2 Å². The molecular formula is C30H52N4O5S. The molecule has 40 heavy (non-hydrogen) atoms. The van der Waals surface area contributed by atoms with Crippen molar-refractivity contribution in [1.82, 2.24) is 16.0 Å². The fourth-order valence-corrected chi connectivity index (χ4v) is 4.39. The SMILES string of the molecule is CCCCCCCCCCCCNC(=O)CCCOc1ccc(NC(NC(=O)CSC)C(=O)NCCOC)cc1. The van der Waals surface area contributed by atoms with E-state index in [0.29, 0.717) is 44.0 Å². The van der Waals surface area contributed by atoms with Crippen LogP contribution in [0.5, 0.6) is 5.75 Å². The van der Waals surface area contributed by atoms with Crippen LogP contribution < -0.4 is 26.0 Å². The van der Waals surface area contributed by atoms with Crippen LogP contribution in [0.1, 0.15) is 84.0 Å². The molecule has 1 aromatic rings. The predicted octanol–water partition coefficient (Wildman–Crippen LogP) is 4.86. The maximum Gasteiger partial charge on any atom is 0.263 e. The third kappa shape index (κ3) is 18.8. The first-order valence-corrected chi connectivity index (χ1v) is 16.2. The van der Waals surface area contributed by atoms with Crippen molar-refractivity contribution in [3.05, 3.63) is 24.3 Å². The number of nitrogens with one attached hydrogen (secondary N) is 4. The molecule has 10 heteroatoms. The standard InChI is InChI=1S/C30H52N4O5S/c1-4-5-6-7-8-9-10-11-12-13-20-31-27(35)15-14-22-39-26-18-16-25(17-19-26)33-29(34-28(36)24-40-3)30(37)32-21-23-38-2/h16-19,29,33H,4-15,20-24H2,1-3H3,(H,31,35)(H,32,37)(H,34,36). The Morgan fingerprint density at radius 3 is 2.08 bits per heavy atom. The van der Waals surface area contributed by atoms with E-state index in [0.717, 1.165) is 13.0 Å². The Morgan fingerprint density at radius 1 is 0.800 bits per heavy atom. The topological polar surface area (TPSA) is 118 Å². The maximum atomic E-state index is 12.5. The average Bonchev–Trinajstić information content (AvgIpc) is 2.94. The molecule has 4 N–H and O–H groups in total. The van der Waals surface area contributed by atoms with Crippen molar-refractivity contribution < 1.29 is 23.9 Å². The zero-order chi connectivity index (χ0) is 29.3. The van der Waals surface area contributed by atoms with Crippen LogP contribution in [-0.2, 0) is 19.1 Å². The Kier molecular flexibility index (Phi) is 21.6. The van der Waals surface area contributed by atoms with Crippen molar-refractivity contribution in [2.24, 2.45) is 0 Å². The zero-order valence-electron chi connectivity index (χ0n) is 24.9. The van der Waals surface area contributed by atoms with Crippen molar-refractivity contribution in [3.8, 4) is 5.75 Å². The van der Waals surface area contributed by atoms with Crippen molar-refractivity contribution in [1.29, 1.82) is 0 Å². The smallest absolute Gasteiger partial charge is 0.263 e. The number of methoxy groups -OCH3 is 1. The zero-order valence-corrected chi connectivity index (χ0v) is 25.7. The van der Waals surface area contributed by atoms with Gasteiger partial charge in [-0.3, -0.25) is 14.4 Å². The second kappa shape index (κ2) is 24.3. The van der Waals surface area contributed by atoms with Gasteiger partial charge in [0.25, 0.3) is 5.91 Å². The molecule has 0 saturated carbocycles. The van der Waals surface area contributed by atoms with E-state index in [1.807, 2.05) is 6.26 Å². The third-order valence-corrected chi connectivity index (χ3v) is 6.83. The van der Waals surface area contributed by atoms with E-state index < -0.39 is 6.17 Å². The van der Waals surface area contributed by atoms with Gasteiger partial charge in [0.1, 0.15) is 5.75 Å². The van der Waals surface area contributed by atoms with Crippen molar-refractivity contribution in [2.75, 3.05) is 50.7 Å². The first-order valence-electron chi connectivity index (χ1n) is 14.8. The minimum absolute atomic E-state index is 0.0670. The number of rotatable bonds is 25. The summed E-state index contributed by atoms with van der Waals surface area (Å²) < 4.78 is 10.7. The van der Waals surface area contributed by atoms with Crippen LogP contribution in [0.25, 0.3) is 0 Å². The summed E-state index contributed by atoms with van der Waals surface area (Å²) in [5.74, 6) is 0.409. The summed E-state index contributed by atoms with van der Waals surface area (Å²) in [5.41, 5.74) is 0.662. The molecule has 1 rings (SSSR count). The van der Waals surface area contributed by atoms with Gasteiger partial charge < -0.3 is 30.7 Å². The molecule has 0 fully saturated rings. The van der Waals surface area contributed by atoms with Gasteiger partial charge in [-0.25, -0.2) is 0 Å². The number of thioether (sulfide) groups is 1. The molecule has 9 nitrogen and oxygen atoms in total. The second-order valence-electron chi connectivity index (χ2n) is 9.87. The fraction of sp³-hybridized carbons (Fsp3) is 0.700. The molecule has 0 radical (unpaired) electrons. The largest absolute Gasteiger partial charge is 0.494 e. The highest BCUT2D eigenvalue weighted by atomic mass is 32.2. The fourth-order valence-electron chi connectivity index (χ4n) is 4.04. The molecule has 0 aromatic heterocycles. The molecule has 0 bridgehead atoms. The summed E-state index contributed by atoms with van der Waals surface area (Å²) in [7, 11) is 1.56. The number of ether oxygens (including phenoxy) is 2. The van der Waals surface area contributed by atoms with Gasteiger partial charge in [-0.05, 0) is 43.4 Å². The van der Waals surface area contributed by atoms with Crippen molar-refractivity contribution in [3.63, 3.8) is 0 Å². The van der Waals surface area contributed by atoms with Crippen LogP contribution in [0, 0.1) is 0 Å². The molecule has 0 spiro atoms. The monoisotopic (exact) mass is 580 g/mol. The molecule has 0 saturated heterocycles. The minimum Gasteiger partial charge on any atom is -0.494 e. The number of benzene rings is 1. The number of carbonyl (C=O) groups excluding carboxylic acids is 3. The quantitative estimate of drug-likeness (QED) is 0.0964. The van der Waals surface area contributed by atoms with E-state index in [4.69, 9.17) is 9.47 Å². The lowest BCUT2D eigenvalue weighted by molar-refractivity contribution is -0.127. The Balaban J connectivity index is 2.24. The number of unbranched alkanes of at least 4 members (excludes halogenated alkanes) is 9. The predicted molar refractivity (Wildman–Crippen MR) is 165 cm³/mol. The van der Waals surface area contributed by atoms with Crippen LogP contribution in [0.4, 0.5) is 5.69 Å². The van der Waals surface area contributed by atoms with E-state index in [1.54, 1.807) is 31.4 Å². The van der Waals surface area contributed by atoms with E-state index in [9.17, 15) is 14.4 Å². The van der Waals surface area contributed by atoms with Crippen LogP contribution >= 0.6 is 11.8 Å². The van der Waals surface area contributed by atoms with Crippen molar-refractivity contribution >= 4 is 35.2 Å². The van der Waals surface area contributed by atoms with Crippen LogP contribution in [0.15, 0.2) is 24.3 Å². The summed E-state index contributed by atoms with van der Waals surface area (Å²) in [6.45, 7) is 4.15. The highest BCUT2D eigenvalue weighted by molar-refractivity contribution is 7.99. The number of hydrogen-bond donors (Lipinski definition) is 4. The van der Waals surface area contributed by atoms with E-state index >= 15 is 0 Å². The first-order chi connectivity index (χ1) is 19.5. The summed E-state index contributed by atoms with van der Waals surface area (Å²) in [6.07, 6.45) is 14.8. The highest BCUT2D eigenvalue weighted by Gasteiger charge is 2.20. The first kappa shape index (κ1) is 35.6. The van der Waals surface area contributed by atoms with E-state index in [1.165, 1.54) is 69.5 Å². The van der Waals surface area contributed by atoms with Crippen LogP contribution in [-0.4, -0.2) is 69.3 Å². The van der Waals surface area contributed by atoms with Gasteiger partial charge in [-0.15, -0.1) is 0 Å². The summed E-state index contributed by atoms with van der Waals surface area (Å²) in [5, 5.41) is 11.5. The molecule has 228 valence electrons. The van der Waals surface area contributed by atoms with Crippen molar-refractivity contribution in [2.45, 2.75) is 90.1 Å². The highest BCUT2D eigenvalue weighted by Crippen LogP contribution is 2.17. The van der Waals surface area contributed by atoms with Crippen LogP contribution in [0.3, 0.4) is 0 Å². The summed E-state index contributed by atoms with van der Waals surface area (Å²) in [4.78, 5) is 36.7. The molecule has 3 amide bonds. The van der Waals surface area contributed by atoms with Gasteiger partial charge >= 0.3 is 0 Å². The molecule has 0 aliphatic rings. The van der Waals surface area contributed by atoms with Gasteiger partial charge in [0.15, 0.2) is 6.17 Å². The molecule has 0 heterocycles. The summed E-state index contributed by atoms with van der Waals surface area (Å²) in [6, 6.07) is 7.14. The lowest BCUT2D eigenvalue weighted by Gasteiger charge is -2.21. The number of carbonyl (C=O) groups is 3. The number of hydrogen-bond acceptors (Lipinski definition) is 7. The third-order valence-electron chi connectivity index (χ3n) is 6.28. The lowest BCUT2D eigenvalue weighted by Crippen LogP contribution is -2.52. The maximum absolute atomic E-state index is 12.5. The molecular weight excluding hydrogens is 528 g/mol. The van der Waals surface area contributed by atoms with Crippen LogP contribution in [0.2, 0.25) is 0 Å². The van der Waals surface area contributed by atoms with Gasteiger partial charge in [0.2, 0.25) is 11.8 Å². The second-order valence-corrected chi connectivity index (χ2v) is 10.7. The van der Waals surface area contributed by atoms with Gasteiger partial charge in [0, 0.05) is 32.3 Å². The van der Waals surface area contributed by atoms with Gasteiger partial charge in [0.05, 0.1) is 19.0 Å². The molecule has 0 aliphatic heterocycles. The van der Waals surface area contributed by atoms with Gasteiger partial charge in [-0.1, -0.05) is 64.7 Å². The molecule has 1 aromatic carbocycles. The van der Waals surface area contributed by atoms with Gasteiger partial charge in [-0.2, -0.15) is 11.8 Å². The Morgan fingerprint density at radius 2 is 1.45 bits per heavy atom. The lowest BCUT2D eigenvalue weighted by atomic mass is 10.1. The molecule has 1 atom stereocenters. The molecule has 0 aliphatic carbocycles. The summed E-state index contributed by atoms with van der Waals surface area (Å²) >= 11 is 1.38. The number of anilines is 1. The minimum atomic E-state index is -0.915. The number of amides is 3. The molecule has 1 unspecified atom stereocenters. The normalized spacial score (nSPS) is 11.5. The van der Waals surface area contributed by atoms with E-state index in [-0.39, 0.29) is 23.5 Å².